The number of anilines is 1. The van der Waals surface area contributed by atoms with Crippen LogP contribution in [-0.4, -0.2) is 42.3 Å². The molecule has 0 spiro atoms. The molecule has 2 atom stereocenters. The summed E-state index contributed by atoms with van der Waals surface area (Å²) in [4.78, 5) is 18.0. The van der Waals surface area contributed by atoms with Crippen LogP contribution in [0.3, 0.4) is 0 Å². The van der Waals surface area contributed by atoms with Gasteiger partial charge in [-0.25, -0.2) is 8.42 Å². The number of hydrogen-bond acceptors (Lipinski definition) is 4. The Morgan fingerprint density at radius 1 is 1.33 bits per heavy atom. The van der Waals surface area contributed by atoms with Crippen molar-refractivity contribution in [1.29, 1.82) is 0 Å². The molecule has 0 N–H and O–H groups in total. The standard InChI is InChI=1S/C15H16Cl2N2O3S2/c1-8(2)14(20)18-15-19(11-5-9(16)3-4-10(11)17)12-6-24(21,22)7-13(12)23-15/h3-5,8,12-13H,6-7H2,1-2H3/t12-,13-/m1/s1. The average Bonchev–Trinajstić information content (AvgIpc) is 2.92. The second-order valence-electron chi connectivity index (χ2n) is 6.15. The second-order valence-corrected chi connectivity index (χ2v) is 10.4. The van der Waals surface area contributed by atoms with Crippen molar-refractivity contribution < 1.29 is 13.2 Å². The summed E-state index contributed by atoms with van der Waals surface area (Å²) in [7, 11) is -3.12. The molecular formula is C15H16Cl2N2O3S2. The summed E-state index contributed by atoms with van der Waals surface area (Å²) in [6, 6.07) is 4.69. The predicted octanol–water partition coefficient (Wildman–Crippen LogP) is 3.25. The van der Waals surface area contributed by atoms with Crippen LogP contribution in [0, 0.1) is 5.92 Å². The van der Waals surface area contributed by atoms with Gasteiger partial charge in [-0.3, -0.25) is 4.79 Å². The molecule has 2 saturated heterocycles. The van der Waals surface area contributed by atoms with Crippen LogP contribution in [0.15, 0.2) is 23.2 Å². The first kappa shape index (κ1) is 18.0. The first-order valence-corrected chi connectivity index (χ1v) is 10.9. The van der Waals surface area contributed by atoms with Gasteiger partial charge in [-0.15, -0.1) is 0 Å². The highest BCUT2D eigenvalue weighted by atomic mass is 35.5. The van der Waals surface area contributed by atoms with Gasteiger partial charge in [-0.2, -0.15) is 4.99 Å². The maximum Gasteiger partial charge on any atom is 0.250 e. The SMILES string of the molecule is CC(C)C(=O)N=C1S[C@@H]2CS(=O)(=O)C[C@H]2N1c1cc(Cl)ccc1Cl. The molecule has 130 valence electrons. The van der Waals surface area contributed by atoms with Crippen molar-refractivity contribution in [3.63, 3.8) is 0 Å². The van der Waals surface area contributed by atoms with Crippen LogP contribution in [0.1, 0.15) is 13.8 Å². The summed E-state index contributed by atoms with van der Waals surface area (Å²) in [6.07, 6.45) is 0. The van der Waals surface area contributed by atoms with E-state index in [4.69, 9.17) is 23.2 Å². The molecule has 24 heavy (non-hydrogen) atoms. The number of carbonyl (C=O) groups is 1. The molecule has 0 radical (unpaired) electrons. The van der Waals surface area contributed by atoms with Crippen LogP contribution < -0.4 is 4.90 Å². The van der Waals surface area contributed by atoms with Crippen LogP contribution in [0.25, 0.3) is 0 Å². The number of rotatable bonds is 2. The molecule has 2 aliphatic rings. The maximum absolute atomic E-state index is 12.1. The van der Waals surface area contributed by atoms with E-state index in [2.05, 4.69) is 4.99 Å². The van der Waals surface area contributed by atoms with Gasteiger partial charge in [0.25, 0.3) is 5.91 Å². The van der Waals surface area contributed by atoms with Crippen LogP contribution in [0.4, 0.5) is 5.69 Å². The van der Waals surface area contributed by atoms with Crippen molar-refractivity contribution in [2.45, 2.75) is 25.1 Å². The number of fused-ring (bicyclic) bond motifs is 1. The zero-order valence-corrected chi connectivity index (χ0v) is 16.2. The van der Waals surface area contributed by atoms with E-state index in [-0.39, 0.29) is 34.6 Å². The molecule has 0 aromatic heterocycles. The van der Waals surface area contributed by atoms with Crippen molar-refractivity contribution >= 4 is 61.6 Å². The van der Waals surface area contributed by atoms with Crippen molar-refractivity contribution in [2.24, 2.45) is 10.9 Å². The number of amidine groups is 1. The number of halogens is 2. The number of nitrogens with zero attached hydrogens (tertiary/aromatic N) is 2. The van der Waals surface area contributed by atoms with Crippen molar-refractivity contribution in [1.82, 2.24) is 0 Å². The zero-order chi connectivity index (χ0) is 17.6. The Labute approximate surface area is 155 Å². The Kier molecular flexibility index (Phi) is 4.90. The van der Waals surface area contributed by atoms with E-state index in [0.717, 1.165) is 0 Å². The number of carbonyl (C=O) groups excluding carboxylic acids is 1. The summed E-state index contributed by atoms with van der Waals surface area (Å²) in [5.41, 5.74) is 0.580. The molecule has 0 aliphatic carbocycles. The van der Waals surface area contributed by atoms with Crippen LogP contribution in [0.2, 0.25) is 10.0 Å². The van der Waals surface area contributed by atoms with E-state index >= 15 is 0 Å². The Morgan fingerprint density at radius 3 is 2.71 bits per heavy atom. The Morgan fingerprint density at radius 2 is 2.04 bits per heavy atom. The molecule has 2 heterocycles. The lowest BCUT2D eigenvalue weighted by Gasteiger charge is -2.25. The van der Waals surface area contributed by atoms with Crippen LogP contribution in [0.5, 0.6) is 0 Å². The fourth-order valence-electron chi connectivity index (χ4n) is 2.74. The number of sulfone groups is 1. The molecule has 1 aromatic carbocycles. The third kappa shape index (κ3) is 3.45. The van der Waals surface area contributed by atoms with Crippen LogP contribution in [-0.2, 0) is 14.6 Å². The topological polar surface area (TPSA) is 66.8 Å². The summed E-state index contributed by atoms with van der Waals surface area (Å²) in [6.45, 7) is 3.54. The van der Waals surface area contributed by atoms with Gasteiger partial charge in [0, 0.05) is 16.2 Å². The Balaban J connectivity index is 2.08. The molecule has 5 nitrogen and oxygen atoms in total. The van der Waals surface area contributed by atoms with E-state index in [1.807, 2.05) is 0 Å². The number of aliphatic imine (C=N–C) groups is 1. The highest BCUT2D eigenvalue weighted by molar-refractivity contribution is 8.16. The summed E-state index contributed by atoms with van der Waals surface area (Å²) in [5.74, 6) is -0.392. The average molecular weight is 407 g/mol. The fraction of sp³-hybridized carbons (Fsp3) is 0.467. The van der Waals surface area contributed by atoms with Crippen molar-refractivity contribution in [3.8, 4) is 0 Å². The molecule has 0 saturated carbocycles. The molecule has 2 aliphatic heterocycles. The third-order valence-corrected chi connectivity index (χ3v) is 7.70. The number of amides is 1. The molecule has 0 bridgehead atoms. The third-order valence-electron chi connectivity index (χ3n) is 3.93. The van der Waals surface area contributed by atoms with E-state index in [9.17, 15) is 13.2 Å². The molecule has 1 aromatic rings. The molecular weight excluding hydrogens is 391 g/mol. The quantitative estimate of drug-likeness (QED) is 0.753. The van der Waals surface area contributed by atoms with Gasteiger partial charge in [0.15, 0.2) is 15.0 Å². The van der Waals surface area contributed by atoms with E-state index < -0.39 is 9.84 Å². The van der Waals surface area contributed by atoms with E-state index in [1.54, 1.807) is 36.9 Å². The smallest absolute Gasteiger partial charge is 0.250 e. The van der Waals surface area contributed by atoms with E-state index in [1.165, 1.54) is 11.8 Å². The van der Waals surface area contributed by atoms with Gasteiger partial charge in [-0.1, -0.05) is 48.8 Å². The molecule has 9 heteroatoms. The summed E-state index contributed by atoms with van der Waals surface area (Å²) in [5, 5.41) is 1.25. The van der Waals surface area contributed by atoms with Gasteiger partial charge in [-0.05, 0) is 18.2 Å². The Hall–Kier alpha value is -0.760. The number of benzene rings is 1. The van der Waals surface area contributed by atoms with Crippen molar-refractivity contribution in [3.05, 3.63) is 28.2 Å². The highest BCUT2D eigenvalue weighted by Crippen LogP contribution is 2.43. The van der Waals surface area contributed by atoms with Gasteiger partial charge in [0.05, 0.1) is 28.3 Å². The van der Waals surface area contributed by atoms with Gasteiger partial charge in [0.2, 0.25) is 0 Å². The Bertz CT molecular complexity index is 824. The lowest BCUT2D eigenvalue weighted by Crippen LogP contribution is -2.38. The normalized spacial score (nSPS) is 27.0. The molecule has 0 unspecified atom stereocenters. The summed E-state index contributed by atoms with van der Waals surface area (Å²) < 4.78 is 24.0. The molecule has 2 fully saturated rings. The summed E-state index contributed by atoms with van der Waals surface area (Å²) >= 11 is 13.7. The first-order chi connectivity index (χ1) is 11.2. The minimum atomic E-state index is -3.12. The minimum Gasteiger partial charge on any atom is -0.314 e. The first-order valence-electron chi connectivity index (χ1n) is 7.42. The predicted molar refractivity (Wildman–Crippen MR) is 100 cm³/mol. The number of thioether (sulfide) groups is 1. The number of hydrogen-bond donors (Lipinski definition) is 0. The van der Waals surface area contributed by atoms with Gasteiger partial charge >= 0.3 is 0 Å². The lowest BCUT2D eigenvalue weighted by molar-refractivity contribution is -0.120. The highest BCUT2D eigenvalue weighted by Gasteiger charge is 2.49. The largest absolute Gasteiger partial charge is 0.314 e. The van der Waals surface area contributed by atoms with E-state index in [0.29, 0.717) is 20.9 Å². The van der Waals surface area contributed by atoms with Crippen molar-refractivity contribution in [2.75, 3.05) is 16.4 Å². The molecule has 3 rings (SSSR count). The van der Waals surface area contributed by atoms with Gasteiger partial charge in [0.1, 0.15) is 0 Å². The fourth-order valence-corrected chi connectivity index (χ4v) is 7.03. The maximum atomic E-state index is 12.1. The van der Waals surface area contributed by atoms with Gasteiger partial charge < -0.3 is 4.90 Å². The zero-order valence-electron chi connectivity index (χ0n) is 13.1. The lowest BCUT2D eigenvalue weighted by atomic mass is 10.2. The second kappa shape index (κ2) is 6.52. The monoisotopic (exact) mass is 406 g/mol. The molecule has 1 amide bonds. The van der Waals surface area contributed by atoms with Crippen LogP contribution >= 0.6 is 35.0 Å². The minimum absolute atomic E-state index is 0.0163.